The molecule has 0 aliphatic carbocycles. The molecule has 0 spiro atoms. The summed E-state index contributed by atoms with van der Waals surface area (Å²) in [6, 6.07) is 19.3. The number of anilines is 1. The number of hydrogen-bond donors (Lipinski definition) is 1. The molecule has 1 atom stereocenters. The van der Waals surface area contributed by atoms with Crippen LogP contribution in [0.15, 0.2) is 78.0 Å². The molecule has 0 bridgehead atoms. The summed E-state index contributed by atoms with van der Waals surface area (Å²) in [5, 5.41) is 8.25. The third-order valence-electron chi connectivity index (χ3n) is 7.02. The highest BCUT2D eigenvalue weighted by molar-refractivity contribution is 8.16. The van der Waals surface area contributed by atoms with E-state index in [1.54, 1.807) is 4.90 Å². The minimum absolute atomic E-state index is 0.0121. The van der Waals surface area contributed by atoms with Gasteiger partial charge in [-0.05, 0) is 85.4 Å². The Kier molecular flexibility index (Phi) is 9.59. The number of nitrogens with one attached hydrogen (secondary N) is 1. The van der Waals surface area contributed by atoms with Crippen LogP contribution < -0.4 is 15.0 Å². The largest absolute Gasteiger partial charge is 0.573 e. The van der Waals surface area contributed by atoms with Gasteiger partial charge in [0.2, 0.25) is 5.91 Å². The Morgan fingerprint density at radius 1 is 1.11 bits per heavy atom. The van der Waals surface area contributed by atoms with Crippen LogP contribution in [0.2, 0.25) is 0 Å². The number of alkyl halides is 3. The average molecular weight is 653 g/mol. The molecule has 3 aromatic carbocycles. The number of benzene rings is 3. The highest BCUT2D eigenvalue weighted by Gasteiger charge is 2.37. The SMILES string of the molecule is Cc1ccc(C(C)C)c(N2C(=O)C(C)SC2=NC(=S)NCCc2ccc(-c3ncn(-c4ccc(OC(F)(F)F)cc4)n3)cc2)c1. The molecule has 1 aliphatic heterocycles. The van der Waals surface area contributed by atoms with Crippen LogP contribution in [-0.2, 0) is 11.2 Å². The first-order valence-electron chi connectivity index (χ1n) is 14.2. The van der Waals surface area contributed by atoms with Crippen molar-refractivity contribution in [2.45, 2.75) is 51.6 Å². The second-order valence-electron chi connectivity index (χ2n) is 10.8. The Balaban J connectivity index is 1.19. The molecule has 5 rings (SSSR count). The van der Waals surface area contributed by atoms with Gasteiger partial charge in [0.15, 0.2) is 16.1 Å². The monoisotopic (exact) mass is 652 g/mol. The number of hydrogen-bond acceptors (Lipinski definition) is 6. The first-order valence-corrected chi connectivity index (χ1v) is 15.5. The van der Waals surface area contributed by atoms with Crippen molar-refractivity contribution in [2.24, 2.45) is 4.99 Å². The molecule has 1 N–H and O–H groups in total. The number of aromatic nitrogens is 3. The number of thiocarbonyl (C=S) groups is 1. The molecule has 8 nitrogen and oxygen atoms in total. The molecule has 1 fully saturated rings. The van der Waals surface area contributed by atoms with Crippen LogP contribution in [0.3, 0.4) is 0 Å². The average Bonchev–Trinajstić information content (AvgIpc) is 3.57. The van der Waals surface area contributed by atoms with E-state index in [1.165, 1.54) is 47.0 Å². The number of nitrogens with zero attached hydrogens (tertiary/aromatic N) is 5. The zero-order valence-electron chi connectivity index (χ0n) is 25.0. The molecule has 1 unspecified atom stereocenters. The zero-order chi connectivity index (χ0) is 32.3. The van der Waals surface area contributed by atoms with Gasteiger partial charge >= 0.3 is 6.36 Å². The smallest absolute Gasteiger partial charge is 0.406 e. The Labute approximate surface area is 268 Å². The minimum atomic E-state index is -4.75. The van der Waals surface area contributed by atoms with E-state index in [-0.39, 0.29) is 22.8 Å². The molecule has 1 aliphatic rings. The lowest BCUT2D eigenvalue weighted by molar-refractivity contribution is -0.274. The van der Waals surface area contributed by atoms with Crippen LogP contribution >= 0.6 is 24.0 Å². The number of aliphatic imine (C=N–C) groups is 1. The van der Waals surface area contributed by atoms with Crippen molar-refractivity contribution in [1.82, 2.24) is 20.1 Å². The highest BCUT2D eigenvalue weighted by atomic mass is 32.2. The van der Waals surface area contributed by atoms with E-state index in [0.29, 0.717) is 34.8 Å². The predicted molar refractivity (Wildman–Crippen MR) is 175 cm³/mol. The van der Waals surface area contributed by atoms with Crippen molar-refractivity contribution < 1.29 is 22.7 Å². The molecule has 1 saturated heterocycles. The minimum Gasteiger partial charge on any atom is -0.406 e. The van der Waals surface area contributed by atoms with Crippen molar-refractivity contribution in [1.29, 1.82) is 0 Å². The molecular formula is C32H31F3N6O2S2. The Morgan fingerprint density at radius 2 is 1.82 bits per heavy atom. The summed E-state index contributed by atoms with van der Waals surface area (Å²) in [5.74, 6) is 0.392. The van der Waals surface area contributed by atoms with Crippen LogP contribution in [0.5, 0.6) is 5.75 Å². The second kappa shape index (κ2) is 13.4. The van der Waals surface area contributed by atoms with E-state index < -0.39 is 6.36 Å². The summed E-state index contributed by atoms with van der Waals surface area (Å²) in [6.45, 7) is 8.64. The normalized spacial score (nSPS) is 16.1. The fourth-order valence-electron chi connectivity index (χ4n) is 4.75. The van der Waals surface area contributed by atoms with E-state index in [0.717, 1.165) is 27.9 Å². The maximum absolute atomic E-state index is 13.2. The summed E-state index contributed by atoms with van der Waals surface area (Å²) < 4.78 is 42.6. The summed E-state index contributed by atoms with van der Waals surface area (Å²) in [4.78, 5) is 23.8. The highest BCUT2D eigenvalue weighted by Crippen LogP contribution is 2.37. The van der Waals surface area contributed by atoms with Gasteiger partial charge in [0.25, 0.3) is 0 Å². The molecular weight excluding hydrogens is 622 g/mol. The van der Waals surface area contributed by atoms with Crippen LogP contribution in [0.25, 0.3) is 17.1 Å². The molecule has 4 aromatic rings. The number of amides is 1. The molecule has 13 heteroatoms. The van der Waals surface area contributed by atoms with Gasteiger partial charge in [-0.1, -0.05) is 62.0 Å². The summed E-state index contributed by atoms with van der Waals surface area (Å²) in [7, 11) is 0. The fraction of sp³-hybridized carbons (Fsp3) is 0.281. The Hall–Kier alpha value is -4.23. The third-order valence-corrected chi connectivity index (χ3v) is 8.29. The van der Waals surface area contributed by atoms with E-state index in [1.807, 2.05) is 44.2 Å². The van der Waals surface area contributed by atoms with Gasteiger partial charge in [-0.2, -0.15) is 4.99 Å². The number of carbonyl (C=O) groups excluding carboxylic acids is 1. The van der Waals surface area contributed by atoms with E-state index in [9.17, 15) is 18.0 Å². The summed E-state index contributed by atoms with van der Waals surface area (Å²) in [6.07, 6.45) is -2.57. The lowest BCUT2D eigenvalue weighted by atomic mass is 9.98. The van der Waals surface area contributed by atoms with Crippen molar-refractivity contribution in [3.63, 3.8) is 0 Å². The van der Waals surface area contributed by atoms with Crippen LogP contribution in [-0.4, -0.2) is 49.1 Å². The van der Waals surface area contributed by atoms with Crippen molar-refractivity contribution in [2.75, 3.05) is 11.4 Å². The molecule has 1 amide bonds. The van der Waals surface area contributed by atoms with Gasteiger partial charge in [-0.15, -0.1) is 18.3 Å². The fourth-order valence-corrected chi connectivity index (χ4v) is 5.96. The first kappa shape index (κ1) is 32.2. The summed E-state index contributed by atoms with van der Waals surface area (Å²) in [5.41, 5.74) is 5.38. The van der Waals surface area contributed by atoms with Crippen molar-refractivity contribution in [3.8, 4) is 22.8 Å². The number of rotatable bonds is 8. The van der Waals surface area contributed by atoms with Gasteiger partial charge in [0, 0.05) is 12.1 Å². The molecule has 0 radical (unpaired) electrons. The standard InChI is InChI=1S/C32H31F3N6O2S2/c1-19(2)26-14-5-20(3)17-27(26)41-29(42)21(4)45-31(41)38-30(44)36-16-15-22-6-8-23(9-7-22)28-37-18-40(39-28)24-10-12-25(13-11-24)43-32(33,34)35/h5-14,17-19,21H,15-16H2,1-4H3,(H,36,44). The Morgan fingerprint density at radius 3 is 2.49 bits per heavy atom. The number of carbonyl (C=O) groups is 1. The lowest BCUT2D eigenvalue weighted by Crippen LogP contribution is -2.34. The number of aryl methyl sites for hydroxylation is 1. The molecule has 1 aromatic heterocycles. The first-order chi connectivity index (χ1) is 21.4. The predicted octanol–water partition coefficient (Wildman–Crippen LogP) is 7.21. The van der Waals surface area contributed by atoms with Gasteiger partial charge in [-0.3, -0.25) is 9.69 Å². The third kappa shape index (κ3) is 7.90. The Bertz CT molecular complexity index is 1720. The zero-order valence-corrected chi connectivity index (χ0v) is 26.6. The van der Waals surface area contributed by atoms with Gasteiger partial charge in [0.1, 0.15) is 12.1 Å². The topological polar surface area (TPSA) is 84.6 Å². The van der Waals surface area contributed by atoms with E-state index >= 15 is 0 Å². The maximum atomic E-state index is 13.2. The second-order valence-corrected chi connectivity index (χ2v) is 12.5. The van der Waals surface area contributed by atoms with Crippen LogP contribution in [0.4, 0.5) is 18.9 Å². The summed E-state index contributed by atoms with van der Waals surface area (Å²) >= 11 is 6.93. The quantitative estimate of drug-likeness (QED) is 0.202. The van der Waals surface area contributed by atoms with E-state index in [4.69, 9.17) is 12.2 Å². The van der Waals surface area contributed by atoms with Gasteiger partial charge in [-0.25, -0.2) is 9.67 Å². The molecule has 0 saturated carbocycles. The molecule has 234 valence electrons. The number of amidine groups is 1. The van der Waals surface area contributed by atoms with Crippen LogP contribution in [0, 0.1) is 6.92 Å². The lowest BCUT2D eigenvalue weighted by Gasteiger charge is -2.22. The van der Waals surface area contributed by atoms with E-state index in [2.05, 4.69) is 51.1 Å². The number of thioether (sulfide) groups is 1. The maximum Gasteiger partial charge on any atom is 0.573 e. The van der Waals surface area contributed by atoms with Crippen molar-refractivity contribution in [3.05, 3.63) is 89.7 Å². The van der Waals surface area contributed by atoms with Crippen molar-refractivity contribution >= 4 is 45.9 Å². The van der Waals surface area contributed by atoms with Crippen LogP contribution in [0.1, 0.15) is 43.4 Å². The molecule has 2 heterocycles. The number of ether oxygens (including phenoxy) is 1. The molecule has 45 heavy (non-hydrogen) atoms. The van der Waals surface area contributed by atoms with Gasteiger partial charge in [0.05, 0.1) is 16.6 Å². The van der Waals surface area contributed by atoms with Gasteiger partial charge < -0.3 is 10.1 Å². The number of halogens is 3.